The van der Waals surface area contributed by atoms with Gasteiger partial charge in [0.05, 0.1) is 11.5 Å². The van der Waals surface area contributed by atoms with Crippen LogP contribution in [0.2, 0.25) is 5.02 Å². The summed E-state index contributed by atoms with van der Waals surface area (Å²) in [5.41, 5.74) is -1.04. The molecule has 30 heavy (non-hydrogen) atoms. The number of amides is 1. The number of aliphatic imine (C=N–C) groups is 1. The lowest BCUT2D eigenvalue weighted by atomic mass is 9.47. The fourth-order valence-corrected chi connectivity index (χ4v) is 6.26. The fourth-order valence-electron chi connectivity index (χ4n) is 6.14. The predicted molar refractivity (Wildman–Crippen MR) is 116 cm³/mol. The summed E-state index contributed by atoms with van der Waals surface area (Å²) in [7, 11) is 1.74. The van der Waals surface area contributed by atoms with Gasteiger partial charge in [-0.05, 0) is 88.0 Å². The number of hydrogen-bond acceptors (Lipinski definition) is 4. The smallest absolute Gasteiger partial charge is 0.225 e. The molecular weight excluding hydrogens is 400 g/mol. The third kappa shape index (κ3) is 3.76. The van der Waals surface area contributed by atoms with Gasteiger partial charge in [-0.3, -0.25) is 15.1 Å². The van der Waals surface area contributed by atoms with Crippen molar-refractivity contribution >= 4 is 23.3 Å². The summed E-state index contributed by atoms with van der Waals surface area (Å²) in [5.74, 6) is 2.74. The Morgan fingerprint density at radius 1 is 1.23 bits per heavy atom. The fraction of sp³-hybridized carbons (Fsp3) is 0.609. The quantitative estimate of drug-likeness (QED) is 0.322. The van der Waals surface area contributed by atoms with Crippen molar-refractivity contribution in [2.45, 2.75) is 57.6 Å². The van der Waals surface area contributed by atoms with Crippen molar-refractivity contribution in [2.75, 3.05) is 7.05 Å². The van der Waals surface area contributed by atoms with Gasteiger partial charge in [0, 0.05) is 12.1 Å². The highest BCUT2D eigenvalue weighted by atomic mass is 35.5. The zero-order chi connectivity index (χ0) is 21.5. The minimum Gasteiger partial charge on any atom is -0.480 e. The number of hydrogen-bond donors (Lipinski definition) is 2. The van der Waals surface area contributed by atoms with Crippen molar-refractivity contribution in [1.82, 2.24) is 10.6 Å². The minimum atomic E-state index is -0.809. The van der Waals surface area contributed by atoms with Crippen LogP contribution >= 0.6 is 11.6 Å². The van der Waals surface area contributed by atoms with E-state index in [9.17, 15) is 10.1 Å². The number of carbonyl (C=O) groups excluding carboxylic acids is 1. The molecule has 4 aliphatic rings. The Kier molecular flexibility index (Phi) is 5.44. The highest BCUT2D eigenvalue weighted by molar-refractivity contribution is 6.30. The maximum absolute atomic E-state index is 12.7. The first-order chi connectivity index (χ1) is 14.3. The Balaban J connectivity index is 1.59. The number of benzene rings is 1. The molecule has 160 valence electrons. The highest BCUT2D eigenvalue weighted by Crippen LogP contribution is 2.61. The van der Waals surface area contributed by atoms with Crippen LogP contribution in [0, 0.1) is 34.6 Å². The number of carbonyl (C=O) groups is 1. The molecule has 1 aromatic rings. The summed E-state index contributed by atoms with van der Waals surface area (Å²) in [6, 6.07) is 7.28. The first-order valence-electron chi connectivity index (χ1n) is 10.7. The van der Waals surface area contributed by atoms with E-state index in [2.05, 4.69) is 10.6 Å². The molecule has 2 unspecified atom stereocenters. The van der Waals surface area contributed by atoms with E-state index >= 15 is 0 Å². The van der Waals surface area contributed by atoms with Crippen molar-refractivity contribution in [3.8, 4) is 11.9 Å². The topological polar surface area (TPSA) is 86.5 Å². The van der Waals surface area contributed by atoms with Gasteiger partial charge in [-0.25, -0.2) is 0 Å². The Labute approximate surface area is 183 Å². The van der Waals surface area contributed by atoms with Gasteiger partial charge in [0.25, 0.3) is 0 Å². The molecule has 2 N–H and O–H groups in total. The van der Waals surface area contributed by atoms with Crippen LogP contribution < -0.4 is 15.4 Å². The third-order valence-electron chi connectivity index (χ3n) is 7.14. The van der Waals surface area contributed by atoms with Gasteiger partial charge >= 0.3 is 0 Å². The Morgan fingerprint density at radius 2 is 1.87 bits per heavy atom. The lowest BCUT2D eigenvalue weighted by Gasteiger charge is -2.58. The molecule has 0 radical (unpaired) electrons. The van der Waals surface area contributed by atoms with Gasteiger partial charge < -0.3 is 10.1 Å². The van der Waals surface area contributed by atoms with Gasteiger partial charge in [0.1, 0.15) is 5.75 Å². The van der Waals surface area contributed by atoms with Crippen molar-refractivity contribution in [3.63, 3.8) is 0 Å². The molecule has 0 saturated heterocycles. The number of amidine groups is 1. The second kappa shape index (κ2) is 7.77. The molecule has 1 aromatic carbocycles. The van der Waals surface area contributed by atoms with E-state index in [0.717, 1.165) is 32.1 Å². The predicted octanol–water partition coefficient (Wildman–Crippen LogP) is 3.91. The zero-order valence-corrected chi connectivity index (χ0v) is 18.5. The van der Waals surface area contributed by atoms with Crippen molar-refractivity contribution in [3.05, 3.63) is 29.3 Å². The number of halogens is 1. The second-order valence-electron chi connectivity index (χ2n) is 9.60. The van der Waals surface area contributed by atoms with Crippen LogP contribution in [-0.2, 0) is 4.79 Å². The average Bonchev–Trinajstić information content (AvgIpc) is 2.70. The van der Waals surface area contributed by atoms with Crippen molar-refractivity contribution in [2.24, 2.45) is 28.2 Å². The monoisotopic (exact) mass is 428 g/mol. The van der Waals surface area contributed by atoms with Crippen LogP contribution in [0.5, 0.6) is 5.75 Å². The molecule has 0 aromatic heterocycles. The van der Waals surface area contributed by atoms with E-state index in [1.54, 1.807) is 19.2 Å². The number of ether oxygens (including phenoxy) is 1. The molecule has 4 bridgehead atoms. The molecule has 4 saturated carbocycles. The van der Waals surface area contributed by atoms with E-state index in [1.807, 2.05) is 32.2 Å². The van der Waals surface area contributed by atoms with Gasteiger partial charge in [-0.2, -0.15) is 5.26 Å². The van der Waals surface area contributed by atoms with E-state index in [-0.39, 0.29) is 17.4 Å². The zero-order valence-electron chi connectivity index (χ0n) is 17.7. The van der Waals surface area contributed by atoms with Gasteiger partial charge in [-0.1, -0.05) is 11.6 Å². The van der Waals surface area contributed by atoms with E-state index in [4.69, 9.17) is 21.3 Å². The second-order valence-corrected chi connectivity index (χ2v) is 10.0. The van der Waals surface area contributed by atoms with E-state index in [0.29, 0.717) is 34.4 Å². The number of rotatable bonds is 5. The molecular formula is C23H29ClN4O2. The standard InChI is InChI=1S/C23H29ClN4O2/c1-22(2,30-18-6-4-17(24)5-7-18)20(27-13-25)28-19-15-8-14-9-16(19)12-23(10-14,11-15)21(29)26-3/h4-7,14-16,19H,8-12H2,1-3H3,(H,26,29)(H,27,28). The molecule has 2 atom stereocenters. The maximum atomic E-state index is 12.7. The summed E-state index contributed by atoms with van der Waals surface area (Å²) in [6.45, 7) is 3.82. The summed E-state index contributed by atoms with van der Waals surface area (Å²) in [6.07, 6.45) is 7.02. The first kappa shape index (κ1) is 21.0. The Morgan fingerprint density at radius 3 is 2.43 bits per heavy atom. The number of nitrogens with zero attached hydrogens (tertiary/aromatic N) is 2. The molecule has 7 heteroatoms. The van der Waals surface area contributed by atoms with Crippen LogP contribution in [0.3, 0.4) is 0 Å². The van der Waals surface area contributed by atoms with Crippen molar-refractivity contribution < 1.29 is 9.53 Å². The Hall–Kier alpha value is -2.26. The van der Waals surface area contributed by atoms with Crippen molar-refractivity contribution in [1.29, 1.82) is 5.26 Å². The van der Waals surface area contributed by atoms with Crippen LogP contribution in [0.4, 0.5) is 0 Å². The van der Waals surface area contributed by atoms with Gasteiger partial charge in [0.2, 0.25) is 5.91 Å². The van der Waals surface area contributed by atoms with E-state index in [1.165, 1.54) is 0 Å². The lowest BCUT2D eigenvalue weighted by Crippen LogP contribution is -2.58. The van der Waals surface area contributed by atoms with Gasteiger partial charge in [0.15, 0.2) is 17.6 Å². The summed E-state index contributed by atoms with van der Waals surface area (Å²) in [4.78, 5) is 17.7. The van der Waals surface area contributed by atoms with Crippen LogP contribution in [0.25, 0.3) is 0 Å². The molecule has 0 aliphatic heterocycles. The first-order valence-corrected chi connectivity index (χ1v) is 11.0. The molecule has 0 spiro atoms. The molecule has 5 rings (SSSR count). The Bertz CT molecular complexity index is 873. The summed E-state index contributed by atoms with van der Waals surface area (Å²) in [5, 5.41) is 15.7. The summed E-state index contributed by atoms with van der Waals surface area (Å²) < 4.78 is 6.17. The SMILES string of the molecule is CNC(=O)C12CC3CC(C1)C(N=C(NC#N)C(C)(C)Oc1ccc(Cl)cc1)C(C3)C2. The van der Waals surface area contributed by atoms with Gasteiger partial charge in [-0.15, -0.1) is 0 Å². The molecule has 0 heterocycles. The molecule has 4 aliphatic carbocycles. The van der Waals surface area contributed by atoms with Crippen LogP contribution in [-0.4, -0.2) is 30.4 Å². The third-order valence-corrected chi connectivity index (χ3v) is 7.39. The molecule has 4 fully saturated rings. The van der Waals surface area contributed by atoms with E-state index < -0.39 is 5.60 Å². The molecule has 6 nitrogen and oxygen atoms in total. The summed E-state index contributed by atoms with van der Waals surface area (Å²) >= 11 is 5.97. The molecule has 1 amide bonds. The van der Waals surface area contributed by atoms with Crippen LogP contribution in [0.1, 0.15) is 46.0 Å². The lowest BCUT2D eigenvalue weighted by molar-refractivity contribution is -0.147. The number of nitrogens with one attached hydrogen (secondary N) is 2. The highest BCUT2D eigenvalue weighted by Gasteiger charge is 2.58. The average molecular weight is 429 g/mol. The largest absolute Gasteiger partial charge is 0.480 e. The number of nitriles is 1. The normalized spacial score (nSPS) is 32.4. The van der Waals surface area contributed by atoms with Crippen LogP contribution in [0.15, 0.2) is 29.3 Å². The minimum absolute atomic E-state index is 0.114. The maximum Gasteiger partial charge on any atom is 0.225 e.